The fourth-order valence-corrected chi connectivity index (χ4v) is 6.08. The molecule has 2 aromatic carbocycles. The third-order valence-corrected chi connectivity index (χ3v) is 8.20. The summed E-state index contributed by atoms with van der Waals surface area (Å²) in [5.74, 6) is -1.77. The van der Waals surface area contributed by atoms with Crippen LogP contribution in [-0.2, 0) is 40.4 Å². The van der Waals surface area contributed by atoms with Gasteiger partial charge in [-0.15, -0.1) is 0 Å². The molecule has 0 aliphatic carbocycles. The molecule has 0 atom stereocenters. The van der Waals surface area contributed by atoms with Gasteiger partial charge in [0.05, 0.1) is 12.0 Å². The van der Waals surface area contributed by atoms with Crippen molar-refractivity contribution in [2.75, 3.05) is 11.9 Å². The second kappa shape index (κ2) is 9.32. The number of nitrogens with one attached hydrogen (secondary N) is 1. The lowest BCUT2D eigenvalue weighted by Gasteiger charge is -2.30. The summed E-state index contributed by atoms with van der Waals surface area (Å²) in [6, 6.07) is 5.92. The van der Waals surface area contributed by atoms with E-state index in [0.717, 1.165) is 17.2 Å². The molecule has 0 fully saturated rings. The minimum absolute atomic E-state index is 0.0374. The van der Waals surface area contributed by atoms with Crippen LogP contribution < -0.4 is 5.32 Å². The third kappa shape index (κ3) is 4.87. The maximum absolute atomic E-state index is 13.9. The van der Waals surface area contributed by atoms with E-state index in [1.54, 1.807) is 26.0 Å². The van der Waals surface area contributed by atoms with Crippen LogP contribution in [0.25, 0.3) is 0 Å². The number of fused-ring (bicyclic) bond motifs is 1. The molecular formula is C24H23F4N3O4S. The molecule has 1 aliphatic heterocycles. The number of hydrogen-bond acceptors (Lipinski definition) is 5. The summed E-state index contributed by atoms with van der Waals surface area (Å²) in [4.78, 5) is 12.7. The van der Waals surface area contributed by atoms with Crippen molar-refractivity contribution in [2.45, 2.75) is 51.2 Å². The van der Waals surface area contributed by atoms with Crippen LogP contribution in [0.1, 0.15) is 39.3 Å². The van der Waals surface area contributed by atoms with Gasteiger partial charge in [-0.1, -0.05) is 23.4 Å². The molecule has 1 aromatic heterocycles. The van der Waals surface area contributed by atoms with E-state index in [1.807, 2.05) is 0 Å². The van der Waals surface area contributed by atoms with E-state index in [-0.39, 0.29) is 41.4 Å². The summed E-state index contributed by atoms with van der Waals surface area (Å²) in [5.41, 5.74) is 1.70. The van der Waals surface area contributed by atoms with Gasteiger partial charge in [-0.2, -0.15) is 17.5 Å². The highest BCUT2D eigenvalue weighted by Gasteiger charge is 2.35. The Morgan fingerprint density at radius 2 is 1.89 bits per heavy atom. The van der Waals surface area contributed by atoms with Crippen LogP contribution in [0.2, 0.25) is 0 Å². The molecule has 12 heteroatoms. The molecule has 0 radical (unpaired) electrons. The zero-order valence-corrected chi connectivity index (χ0v) is 20.5. The van der Waals surface area contributed by atoms with Gasteiger partial charge < -0.3 is 9.84 Å². The predicted molar refractivity (Wildman–Crippen MR) is 122 cm³/mol. The Kier molecular flexibility index (Phi) is 6.69. The van der Waals surface area contributed by atoms with Gasteiger partial charge in [-0.25, -0.2) is 12.8 Å². The Morgan fingerprint density at radius 3 is 2.50 bits per heavy atom. The SMILES string of the molecule is Cc1ccc2c(c1NC(=O)Cc1ccc(C(F)(F)F)c(F)c1)CCN(S(=O)(=O)c1c(C)noc1C)C2. The van der Waals surface area contributed by atoms with Crippen molar-refractivity contribution >= 4 is 21.6 Å². The smallest absolute Gasteiger partial charge is 0.360 e. The summed E-state index contributed by atoms with van der Waals surface area (Å²) in [7, 11) is -3.85. The van der Waals surface area contributed by atoms with Crippen molar-refractivity contribution < 1.29 is 35.3 Å². The number of aryl methyl sites for hydroxylation is 3. The molecule has 2 heterocycles. The fourth-order valence-electron chi connectivity index (χ4n) is 4.37. The monoisotopic (exact) mass is 525 g/mol. The summed E-state index contributed by atoms with van der Waals surface area (Å²) in [5, 5.41) is 6.50. The van der Waals surface area contributed by atoms with Crippen molar-refractivity contribution in [1.29, 1.82) is 0 Å². The van der Waals surface area contributed by atoms with Crippen LogP contribution in [-0.4, -0.2) is 30.3 Å². The molecule has 1 N–H and O–H groups in total. The number of halogens is 4. The molecule has 0 spiro atoms. The molecule has 0 bridgehead atoms. The minimum atomic E-state index is -4.82. The van der Waals surface area contributed by atoms with Crippen LogP contribution in [0.5, 0.6) is 0 Å². The van der Waals surface area contributed by atoms with Crippen LogP contribution in [0, 0.1) is 26.6 Å². The number of hydrogen-bond donors (Lipinski definition) is 1. The predicted octanol–water partition coefficient (Wildman–Crippen LogP) is 4.69. The van der Waals surface area contributed by atoms with Gasteiger partial charge in [0.1, 0.15) is 16.4 Å². The molecule has 0 saturated carbocycles. The van der Waals surface area contributed by atoms with Crippen molar-refractivity contribution in [3.8, 4) is 0 Å². The number of carbonyl (C=O) groups is 1. The summed E-state index contributed by atoms with van der Waals surface area (Å²) in [6.45, 7) is 5.11. The maximum atomic E-state index is 13.9. The van der Waals surface area contributed by atoms with E-state index in [4.69, 9.17) is 4.52 Å². The molecular weight excluding hydrogens is 502 g/mol. The average Bonchev–Trinajstić information content (AvgIpc) is 3.13. The fraction of sp³-hybridized carbons (Fsp3) is 0.333. The van der Waals surface area contributed by atoms with Crippen molar-refractivity contribution in [3.63, 3.8) is 0 Å². The first-order valence-corrected chi connectivity index (χ1v) is 12.4. The number of carbonyl (C=O) groups excluding carboxylic acids is 1. The number of amides is 1. The van der Waals surface area contributed by atoms with E-state index in [0.29, 0.717) is 29.8 Å². The Hall–Kier alpha value is -3.25. The summed E-state index contributed by atoms with van der Waals surface area (Å²) < 4.78 is 85.0. The number of anilines is 1. The highest BCUT2D eigenvalue weighted by molar-refractivity contribution is 7.89. The normalized spacial score (nSPS) is 14.5. The number of rotatable bonds is 5. The van der Waals surface area contributed by atoms with Gasteiger partial charge in [0, 0.05) is 18.8 Å². The number of benzene rings is 2. The molecule has 3 aromatic rings. The molecule has 1 aliphatic rings. The second-order valence-electron chi connectivity index (χ2n) is 8.67. The van der Waals surface area contributed by atoms with E-state index in [9.17, 15) is 30.8 Å². The largest absolute Gasteiger partial charge is 0.419 e. The molecule has 192 valence electrons. The first kappa shape index (κ1) is 25.8. The lowest BCUT2D eigenvalue weighted by molar-refractivity contribution is -0.140. The van der Waals surface area contributed by atoms with Crippen molar-refractivity contribution in [3.05, 3.63) is 75.4 Å². The number of nitrogens with zero attached hydrogens (tertiary/aromatic N) is 2. The first-order chi connectivity index (χ1) is 16.8. The zero-order chi connectivity index (χ0) is 26.4. The molecule has 1 amide bonds. The number of sulfonamides is 1. The van der Waals surface area contributed by atoms with Crippen molar-refractivity contribution in [2.24, 2.45) is 0 Å². The van der Waals surface area contributed by atoms with Crippen LogP contribution in [0.4, 0.5) is 23.2 Å². The second-order valence-corrected chi connectivity index (χ2v) is 10.5. The topological polar surface area (TPSA) is 92.5 Å². The van der Waals surface area contributed by atoms with Gasteiger partial charge in [0.15, 0.2) is 5.76 Å². The molecule has 4 rings (SSSR count). The molecule has 7 nitrogen and oxygen atoms in total. The Balaban J connectivity index is 1.54. The number of alkyl halides is 3. The molecule has 36 heavy (non-hydrogen) atoms. The van der Waals surface area contributed by atoms with E-state index < -0.39 is 33.5 Å². The Bertz CT molecular complexity index is 1430. The van der Waals surface area contributed by atoms with Gasteiger partial charge >= 0.3 is 6.18 Å². The highest BCUT2D eigenvalue weighted by atomic mass is 32.2. The van der Waals surface area contributed by atoms with Crippen LogP contribution >= 0.6 is 0 Å². The van der Waals surface area contributed by atoms with Gasteiger partial charge in [-0.3, -0.25) is 4.79 Å². The van der Waals surface area contributed by atoms with E-state index in [1.165, 1.54) is 11.2 Å². The Morgan fingerprint density at radius 1 is 1.17 bits per heavy atom. The average molecular weight is 526 g/mol. The molecule has 0 saturated heterocycles. The zero-order valence-electron chi connectivity index (χ0n) is 19.7. The summed E-state index contributed by atoms with van der Waals surface area (Å²) >= 11 is 0. The van der Waals surface area contributed by atoms with Gasteiger partial charge in [0.25, 0.3) is 0 Å². The van der Waals surface area contributed by atoms with E-state index in [2.05, 4.69) is 10.5 Å². The lowest BCUT2D eigenvalue weighted by atomic mass is 9.95. The van der Waals surface area contributed by atoms with E-state index >= 15 is 0 Å². The maximum Gasteiger partial charge on any atom is 0.419 e. The van der Waals surface area contributed by atoms with Crippen LogP contribution in [0.15, 0.2) is 39.8 Å². The minimum Gasteiger partial charge on any atom is -0.360 e. The first-order valence-electron chi connectivity index (χ1n) is 11.0. The lowest BCUT2D eigenvalue weighted by Crippen LogP contribution is -2.37. The molecule has 0 unspecified atom stereocenters. The summed E-state index contributed by atoms with van der Waals surface area (Å²) in [6.07, 6.45) is -4.83. The quantitative estimate of drug-likeness (QED) is 0.488. The third-order valence-electron chi connectivity index (χ3n) is 6.11. The number of aromatic nitrogens is 1. The standard InChI is InChI=1S/C24H23F4N3O4S/c1-13-4-6-17-12-31(36(33,34)23-14(2)30-35-15(23)3)9-8-18(17)22(13)29-21(32)11-16-5-7-19(20(25)10-16)24(26,27)28/h4-7,10H,8-9,11-12H2,1-3H3,(H,29,32). The van der Waals surface area contributed by atoms with Crippen molar-refractivity contribution in [1.82, 2.24) is 9.46 Å². The highest BCUT2D eigenvalue weighted by Crippen LogP contribution is 2.34. The van der Waals surface area contributed by atoms with Gasteiger partial charge in [0.2, 0.25) is 15.9 Å². The van der Waals surface area contributed by atoms with Gasteiger partial charge in [-0.05, 0) is 61.6 Å². The Labute approximate surface area is 205 Å². The van der Waals surface area contributed by atoms with Crippen LogP contribution in [0.3, 0.4) is 0 Å².